The molecule has 2 amide bonds. The van der Waals surface area contributed by atoms with E-state index in [1.807, 2.05) is 18.2 Å². The molecule has 3 N–H and O–H groups in total. The number of hydrogen-bond acceptors (Lipinski definition) is 5. The van der Waals surface area contributed by atoms with Gasteiger partial charge < -0.3 is 15.7 Å². The van der Waals surface area contributed by atoms with Crippen LogP contribution in [0, 0.1) is 0 Å². The number of carbonyl (C=O) groups excluding carboxylic acids is 3. The third kappa shape index (κ3) is 7.28. The first-order valence-corrected chi connectivity index (χ1v) is 9.29. The van der Waals surface area contributed by atoms with Gasteiger partial charge in [0.05, 0.1) is 5.56 Å². The largest absolute Gasteiger partial charge is 0.389 e. The third-order valence-corrected chi connectivity index (χ3v) is 4.21. The summed E-state index contributed by atoms with van der Waals surface area (Å²) in [6.45, 7) is -0.441. The summed E-state index contributed by atoms with van der Waals surface area (Å²) in [5.41, 5.74) is 1.04. The van der Waals surface area contributed by atoms with Crippen molar-refractivity contribution in [2.45, 2.75) is 38.1 Å². The number of amides is 2. The van der Waals surface area contributed by atoms with Gasteiger partial charge in [0.1, 0.15) is 12.6 Å². The lowest BCUT2D eigenvalue weighted by atomic mass is 10.0. The lowest BCUT2D eigenvalue weighted by Gasteiger charge is -2.18. The highest BCUT2D eigenvalue weighted by molar-refractivity contribution is 6.01. The molecule has 2 rings (SSSR count). The number of nitrogens with zero attached hydrogens (tertiary/aromatic N) is 1. The van der Waals surface area contributed by atoms with Crippen LogP contribution in [0.25, 0.3) is 0 Å². The van der Waals surface area contributed by atoms with Gasteiger partial charge in [0.25, 0.3) is 5.91 Å². The normalized spacial score (nSPS) is 11.5. The molecule has 1 heterocycles. The lowest BCUT2D eigenvalue weighted by molar-refractivity contribution is -0.122. The van der Waals surface area contributed by atoms with Crippen LogP contribution in [0.2, 0.25) is 0 Å². The number of aromatic nitrogens is 1. The molecular formula is C21H25N3O4. The number of aliphatic hydroxyl groups is 1. The van der Waals surface area contributed by atoms with Crippen molar-refractivity contribution in [2.24, 2.45) is 0 Å². The fraction of sp³-hybridized carbons (Fsp3) is 0.333. The molecule has 0 saturated carbocycles. The third-order valence-electron chi connectivity index (χ3n) is 4.21. The maximum absolute atomic E-state index is 12.7. The molecule has 0 radical (unpaired) electrons. The molecule has 148 valence electrons. The van der Waals surface area contributed by atoms with Gasteiger partial charge in [-0.3, -0.25) is 19.4 Å². The minimum Gasteiger partial charge on any atom is -0.389 e. The average Bonchev–Trinajstić information content (AvgIpc) is 2.73. The molecule has 2 aromatic rings. The molecule has 1 aromatic heterocycles. The summed E-state index contributed by atoms with van der Waals surface area (Å²) in [6, 6.07) is 11.6. The van der Waals surface area contributed by atoms with Gasteiger partial charge in [-0.05, 0) is 37.1 Å². The van der Waals surface area contributed by atoms with Gasteiger partial charge in [0.2, 0.25) is 5.91 Å². The SMILES string of the molecule is O=C(CO)CCCCC[C@H](NC(=O)c1cccnc1)C(=O)Nc1ccccc1. The Balaban J connectivity index is 1.95. The highest BCUT2D eigenvalue weighted by Crippen LogP contribution is 2.11. The van der Waals surface area contributed by atoms with E-state index in [-0.39, 0.29) is 17.6 Å². The fourth-order valence-corrected chi connectivity index (χ4v) is 2.68. The van der Waals surface area contributed by atoms with Gasteiger partial charge in [-0.25, -0.2) is 0 Å². The Bertz CT molecular complexity index is 766. The van der Waals surface area contributed by atoms with Crippen LogP contribution in [-0.4, -0.2) is 40.3 Å². The summed E-state index contributed by atoms with van der Waals surface area (Å²) in [4.78, 5) is 40.2. The van der Waals surface area contributed by atoms with Gasteiger partial charge in [-0.2, -0.15) is 0 Å². The van der Waals surface area contributed by atoms with Crippen molar-refractivity contribution in [1.82, 2.24) is 10.3 Å². The van der Waals surface area contributed by atoms with E-state index in [0.717, 1.165) is 6.42 Å². The number of para-hydroxylation sites is 1. The van der Waals surface area contributed by atoms with Gasteiger partial charge in [0.15, 0.2) is 5.78 Å². The van der Waals surface area contributed by atoms with E-state index in [0.29, 0.717) is 36.9 Å². The quantitative estimate of drug-likeness (QED) is 0.516. The Morgan fingerprint density at radius 2 is 1.79 bits per heavy atom. The number of benzene rings is 1. The molecule has 0 unspecified atom stereocenters. The van der Waals surface area contributed by atoms with Crippen LogP contribution in [0.15, 0.2) is 54.9 Å². The Labute approximate surface area is 164 Å². The molecule has 0 saturated heterocycles. The predicted octanol–water partition coefficient (Wildman–Crippen LogP) is 2.33. The van der Waals surface area contributed by atoms with E-state index in [2.05, 4.69) is 15.6 Å². The molecular weight excluding hydrogens is 358 g/mol. The zero-order valence-corrected chi connectivity index (χ0v) is 15.6. The molecule has 0 spiro atoms. The zero-order valence-electron chi connectivity index (χ0n) is 15.6. The Morgan fingerprint density at radius 1 is 1.00 bits per heavy atom. The molecule has 0 aliphatic carbocycles. The first-order valence-electron chi connectivity index (χ1n) is 9.29. The van der Waals surface area contributed by atoms with Crippen molar-refractivity contribution in [2.75, 3.05) is 11.9 Å². The number of unbranched alkanes of at least 4 members (excludes halogenated alkanes) is 2. The summed E-state index contributed by atoms with van der Waals surface area (Å²) in [7, 11) is 0. The molecule has 1 aromatic carbocycles. The number of nitrogens with one attached hydrogen (secondary N) is 2. The highest BCUT2D eigenvalue weighted by Gasteiger charge is 2.21. The molecule has 7 heteroatoms. The van der Waals surface area contributed by atoms with Crippen LogP contribution in [0.1, 0.15) is 42.5 Å². The van der Waals surface area contributed by atoms with Crippen molar-refractivity contribution in [3.63, 3.8) is 0 Å². The summed E-state index contributed by atoms with van der Waals surface area (Å²) in [5.74, 6) is -0.852. The highest BCUT2D eigenvalue weighted by atomic mass is 16.3. The predicted molar refractivity (Wildman–Crippen MR) is 106 cm³/mol. The van der Waals surface area contributed by atoms with Crippen LogP contribution in [0.4, 0.5) is 5.69 Å². The number of Topliss-reactive ketones (excluding diaryl/α,β-unsaturated/α-hetero) is 1. The van der Waals surface area contributed by atoms with Crippen molar-refractivity contribution in [1.29, 1.82) is 0 Å². The Morgan fingerprint density at radius 3 is 2.46 bits per heavy atom. The summed E-state index contributed by atoms with van der Waals surface area (Å²) in [5, 5.41) is 14.3. The molecule has 7 nitrogen and oxygen atoms in total. The summed E-state index contributed by atoms with van der Waals surface area (Å²) in [6.07, 6.45) is 5.81. The molecule has 0 aliphatic heterocycles. The smallest absolute Gasteiger partial charge is 0.253 e. The average molecular weight is 383 g/mol. The van der Waals surface area contributed by atoms with Crippen molar-refractivity contribution >= 4 is 23.3 Å². The van der Waals surface area contributed by atoms with Crippen molar-refractivity contribution in [3.05, 3.63) is 60.4 Å². The van der Waals surface area contributed by atoms with Crippen LogP contribution in [0.5, 0.6) is 0 Å². The van der Waals surface area contributed by atoms with Gasteiger partial charge >= 0.3 is 0 Å². The number of rotatable bonds is 11. The van der Waals surface area contributed by atoms with Crippen molar-refractivity contribution < 1.29 is 19.5 Å². The van der Waals surface area contributed by atoms with Gasteiger partial charge in [0, 0.05) is 24.5 Å². The minimum atomic E-state index is -0.707. The monoisotopic (exact) mass is 383 g/mol. The zero-order chi connectivity index (χ0) is 20.2. The number of carbonyl (C=O) groups is 3. The maximum atomic E-state index is 12.7. The Kier molecular flexibility index (Phi) is 8.81. The molecule has 0 aliphatic rings. The van der Waals surface area contributed by atoms with Crippen LogP contribution in [0.3, 0.4) is 0 Å². The van der Waals surface area contributed by atoms with Crippen LogP contribution in [-0.2, 0) is 9.59 Å². The Hall–Kier alpha value is -3.06. The molecule has 1 atom stereocenters. The van der Waals surface area contributed by atoms with E-state index in [1.165, 1.54) is 6.20 Å². The number of hydrogen-bond donors (Lipinski definition) is 3. The van der Waals surface area contributed by atoms with Gasteiger partial charge in [-0.15, -0.1) is 0 Å². The maximum Gasteiger partial charge on any atom is 0.253 e. The van der Waals surface area contributed by atoms with Crippen LogP contribution < -0.4 is 10.6 Å². The molecule has 28 heavy (non-hydrogen) atoms. The number of ketones is 1. The second kappa shape index (κ2) is 11.6. The number of pyridine rings is 1. The van der Waals surface area contributed by atoms with E-state index < -0.39 is 12.6 Å². The lowest BCUT2D eigenvalue weighted by Crippen LogP contribution is -2.43. The first-order chi connectivity index (χ1) is 13.6. The molecule has 0 bridgehead atoms. The van der Waals surface area contributed by atoms with Crippen LogP contribution >= 0.6 is 0 Å². The second-order valence-corrected chi connectivity index (χ2v) is 6.42. The summed E-state index contributed by atoms with van der Waals surface area (Å²) < 4.78 is 0. The second-order valence-electron chi connectivity index (χ2n) is 6.42. The van der Waals surface area contributed by atoms with Crippen molar-refractivity contribution in [3.8, 4) is 0 Å². The summed E-state index contributed by atoms with van der Waals surface area (Å²) >= 11 is 0. The van der Waals surface area contributed by atoms with E-state index in [9.17, 15) is 14.4 Å². The standard InChI is InChI=1S/C21H25N3O4/c25-15-18(26)11-5-2-6-12-19(21(28)23-17-9-3-1-4-10-17)24-20(27)16-8-7-13-22-14-16/h1,3-4,7-10,13-14,19,25H,2,5-6,11-12,15H2,(H,23,28)(H,24,27)/t19-/m0/s1. The molecule has 0 fully saturated rings. The van der Waals surface area contributed by atoms with Gasteiger partial charge in [-0.1, -0.05) is 31.0 Å². The van der Waals surface area contributed by atoms with E-state index >= 15 is 0 Å². The number of anilines is 1. The van der Waals surface area contributed by atoms with E-state index in [1.54, 1.807) is 30.5 Å². The number of aliphatic hydroxyl groups excluding tert-OH is 1. The minimum absolute atomic E-state index is 0.191. The van der Waals surface area contributed by atoms with E-state index in [4.69, 9.17) is 5.11 Å². The topological polar surface area (TPSA) is 108 Å². The first kappa shape index (κ1) is 21.2. The fourth-order valence-electron chi connectivity index (χ4n) is 2.68.